The first-order valence-corrected chi connectivity index (χ1v) is 14.2. The van der Waals surface area contributed by atoms with E-state index in [0.29, 0.717) is 45.4 Å². The van der Waals surface area contributed by atoms with Gasteiger partial charge in [-0.3, -0.25) is 10.1 Å². The van der Waals surface area contributed by atoms with Crippen LogP contribution in [-0.2, 0) is 4.79 Å². The summed E-state index contributed by atoms with van der Waals surface area (Å²) < 4.78 is 0.205. The van der Waals surface area contributed by atoms with Gasteiger partial charge in [-0.25, -0.2) is 9.28 Å². The molecule has 3 aliphatic carbocycles. The number of ketones is 1. The summed E-state index contributed by atoms with van der Waals surface area (Å²) in [7, 11) is 0. The quantitative estimate of drug-likeness (QED) is 0.411. The van der Waals surface area contributed by atoms with Gasteiger partial charge in [0.2, 0.25) is 0 Å². The van der Waals surface area contributed by atoms with Crippen LogP contribution >= 0.6 is 23.2 Å². The second-order valence-corrected chi connectivity index (χ2v) is 13.0. The van der Waals surface area contributed by atoms with Gasteiger partial charge in [-0.2, -0.15) is 0 Å². The van der Waals surface area contributed by atoms with Gasteiger partial charge in [0.05, 0.1) is 13.1 Å². The highest BCUT2D eigenvalue weighted by Crippen LogP contribution is 2.65. The summed E-state index contributed by atoms with van der Waals surface area (Å²) in [5.41, 5.74) is 1.86. The van der Waals surface area contributed by atoms with E-state index in [4.69, 9.17) is 23.2 Å². The van der Waals surface area contributed by atoms with Crippen molar-refractivity contribution in [3.05, 3.63) is 40.0 Å². The summed E-state index contributed by atoms with van der Waals surface area (Å²) in [6, 6.07) is 5.08. The average Bonchev–Trinajstić information content (AvgIpc) is 3.20. The standard InChI is InChI=1S/C29H38Cl2N2O2/c1-5-18-16-29(4)24-9-11-28(3)10-7-8-23(28)22(24)17-33(6-2,26(29)15-25(18)34)27(35)32-21-13-19(30)12-20(31)14-21/h12-15,18,22-24H,5-11,16-17H2,1-4H3/p+1/t18?,22-,23-,24-,28-,29+,33?/m0/s1. The molecule has 35 heavy (non-hydrogen) atoms. The number of nitrogens with one attached hydrogen (secondary N) is 1. The molecule has 4 aliphatic rings. The fourth-order valence-corrected chi connectivity index (χ4v) is 9.24. The fourth-order valence-electron chi connectivity index (χ4n) is 8.71. The van der Waals surface area contributed by atoms with Crippen molar-refractivity contribution in [2.45, 2.75) is 72.6 Å². The number of rotatable bonds is 3. The minimum atomic E-state index is -0.152. The first kappa shape index (κ1) is 25.3. The molecule has 6 heteroatoms. The number of anilines is 1. The van der Waals surface area contributed by atoms with Crippen LogP contribution in [0.2, 0.25) is 10.0 Å². The number of carbonyl (C=O) groups is 2. The van der Waals surface area contributed by atoms with Crippen molar-refractivity contribution >= 4 is 40.7 Å². The molecule has 0 aromatic heterocycles. The van der Waals surface area contributed by atoms with Gasteiger partial charge < -0.3 is 0 Å². The van der Waals surface area contributed by atoms with E-state index in [9.17, 15) is 9.59 Å². The Bertz CT molecular complexity index is 1070. The lowest BCUT2D eigenvalue weighted by Gasteiger charge is -2.61. The van der Waals surface area contributed by atoms with Gasteiger partial charge in [-0.15, -0.1) is 0 Å². The molecule has 0 spiro atoms. The van der Waals surface area contributed by atoms with Gasteiger partial charge in [-0.05, 0) is 80.9 Å². The normalized spacial score (nSPS) is 40.4. The number of carbonyl (C=O) groups excluding carboxylic acids is 2. The zero-order valence-corrected chi connectivity index (χ0v) is 23.0. The van der Waals surface area contributed by atoms with Crippen LogP contribution in [0.4, 0.5) is 10.5 Å². The van der Waals surface area contributed by atoms with E-state index in [1.807, 2.05) is 6.08 Å². The molecular formula is C29H39Cl2N2O2+. The van der Waals surface area contributed by atoms with Crippen molar-refractivity contribution < 1.29 is 14.1 Å². The predicted octanol–water partition coefficient (Wildman–Crippen LogP) is 8.10. The molecule has 1 heterocycles. The lowest BCUT2D eigenvalue weighted by atomic mass is 9.49. The summed E-state index contributed by atoms with van der Waals surface area (Å²) in [5.74, 6) is 1.90. The number of hydrogen-bond donors (Lipinski definition) is 1. The zero-order valence-electron chi connectivity index (χ0n) is 21.5. The van der Waals surface area contributed by atoms with E-state index < -0.39 is 0 Å². The van der Waals surface area contributed by atoms with Gasteiger partial charge in [-0.1, -0.05) is 50.4 Å². The van der Waals surface area contributed by atoms with Crippen LogP contribution in [0.5, 0.6) is 0 Å². The first-order valence-electron chi connectivity index (χ1n) is 13.5. The van der Waals surface area contributed by atoms with Crippen molar-refractivity contribution in [3.63, 3.8) is 0 Å². The van der Waals surface area contributed by atoms with E-state index >= 15 is 0 Å². The van der Waals surface area contributed by atoms with Crippen molar-refractivity contribution in [2.75, 3.05) is 18.4 Å². The van der Waals surface area contributed by atoms with E-state index in [-0.39, 0.29) is 27.6 Å². The Morgan fingerprint density at radius 2 is 1.80 bits per heavy atom. The third kappa shape index (κ3) is 3.90. The summed E-state index contributed by atoms with van der Waals surface area (Å²) in [6.45, 7) is 10.5. The Labute approximate surface area is 220 Å². The molecule has 0 radical (unpaired) electrons. The number of allylic oxidation sites excluding steroid dienone is 2. The third-order valence-corrected chi connectivity index (χ3v) is 10.9. The van der Waals surface area contributed by atoms with Crippen LogP contribution in [0.15, 0.2) is 30.0 Å². The van der Waals surface area contributed by atoms with Gasteiger partial charge in [0, 0.05) is 39.1 Å². The second kappa shape index (κ2) is 8.89. The first-order chi connectivity index (χ1) is 16.6. The number of benzene rings is 1. The highest BCUT2D eigenvalue weighted by Gasteiger charge is 2.66. The Morgan fingerprint density at radius 3 is 2.46 bits per heavy atom. The van der Waals surface area contributed by atoms with Crippen LogP contribution in [0.25, 0.3) is 0 Å². The lowest BCUT2D eigenvalue weighted by molar-refractivity contribution is -0.828. The summed E-state index contributed by atoms with van der Waals surface area (Å²) in [6.07, 6.45) is 9.92. The number of likely N-dealkylation sites (tertiary alicyclic amines) is 1. The molecule has 1 aromatic carbocycles. The third-order valence-electron chi connectivity index (χ3n) is 10.5. The topological polar surface area (TPSA) is 46.2 Å². The monoisotopic (exact) mass is 517 g/mol. The van der Waals surface area contributed by atoms with Crippen molar-refractivity contribution in [1.82, 2.24) is 0 Å². The van der Waals surface area contributed by atoms with Crippen LogP contribution in [0.3, 0.4) is 0 Å². The molecule has 5 rings (SSSR count). The highest BCUT2D eigenvalue weighted by molar-refractivity contribution is 6.35. The van der Waals surface area contributed by atoms with Crippen molar-refractivity contribution in [1.29, 1.82) is 0 Å². The maximum atomic E-state index is 14.3. The van der Waals surface area contributed by atoms with Crippen LogP contribution < -0.4 is 5.32 Å². The Balaban J connectivity index is 1.62. The maximum absolute atomic E-state index is 14.3. The Morgan fingerprint density at radius 1 is 1.09 bits per heavy atom. The average molecular weight is 519 g/mol. The van der Waals surface area contributed by atoms with Crippen LogP contribution in [0.1, 0.15) is 72.6 Å². The largest absolute Gasteiger partial charge is 0.425 e. The number of fused-ring (bicyclic) bond motifs is 5. The van der Waals surface area contributed by atoms with Gasteiger partial charge >= 0.3 is 6.03 Å². The van der Waals surface area contributed by atoms with E-state index in [1.54, 1.807) is 18.2 Å². The van der Waals surface area contributed by atoms with Crippen LogP contribution in [-0.4, -0.2) is 29.4 Å². The molecule has 2 unspecified atom stereocenters. The highest BCUT2D eigenvalue weighted by atomic mass is 35.5. The van der Waals surface area contributed by atoms with E-state index in [1.165, 1.54) is 32.1 Å². The second-order valence-electron chi connectivity index (χ2n) is 12.2. The number of piperidine rings is 1. The molecular weight excluding hydrogens is 479 g/mol. The number of hydrogen-bond acceptors (Lipinski definition) is 2. The molecule has 1 N–H and O–H groups in total. The minimum absolute atomic E-state index is 0.0490. The number of halogens is 2. The van der Waals surface area contributed by atoms with E-state index in [2.05, 4.69) is 33.0 Å². The van der Waals surface area contributed by atoms with Gasteiger partial charge in [0.15, 0.2) is 5.78 Å². The smallest absolute Gasteiger partial charge is 0.294 e. The fraction of sp³-hybridized carbons (Fsp3) is 0.655. The molecule has 7 atom stereocenters. The van der Waals surface area contributed by atoms with Gasteiger partial charge in [0.25, 0.3) is 0 Å². The number of quaternary nitrogens is 1. The lowest BCUT2D eigenvalue weighted by Crippen LogP contribution is -2.68. The molecule has 1 aromatic rings. The molecule has 2 saturated carbocycles. The number of urea groups is 1. The van der Waals surface area contributed by atoms with Crippen molar-refractivity contribution in [3.8, 4) is 0 Å². The molecule has 1 saturated heterocycles. The Kier molecular flexibility index (Phi) is 6.42. The van der Waals surface area contributed by atoms with Crippen LogP contribution in [0, 0.1) is 34.5 Å². The molecule has 3 fully saturated rings. The molecule has 2 amide bonds. The molecule has 190 valence electrons. The van der Waals surface area contributed by atoms with E-state index in [0.717, 1.165) is 25.1 Å². The zero-order chi connectivity index (χ0) is 25.2. The minimum Gasteiger partial charge on any atom is -0.294 e. The molecule has 1 aliphatic heterocycles. The summed E-state index contributed by atoms with van der Waals surface area (Å²) in [4.78, 5) is 27.5. The predicted molar refractivity (Wildman–Crippen MR) is 142 cm³/mol. The number of amides is 2. The summed E-state index contributed by atoms with van der Waals surface area (Å²) >= 11 is 12.5. The molecule has 4 nitrogen and oxygen atoms in total. The number of nitrogens with zero attached hydrogens (tertiary/aromatic N) is 1. The maximum Gasteiger partial charge on any atom is 0.425 e. The summed E-state index contributed by atoms with van der Waals surface area (Å²) in [5, 5.41) is 4.14. The molecule has 0 bridgehead atoms. The SMILES string of the molecule is CCC1C[C@@]2(C)C(=CC1=O)[N+](CC)(C(=O)Nc1cc(Cl)cc(Cl)c1)C[C@H]1[C@@H]3CCC[C@@]3(C)CC[C@@H]12. The van der Waals surface area contributed by atoms with Crippen molar-refractivity contribution in [2.24, 2.45) is 34.5 Å². The Hall–Kier alpha value is -1.36. The van der Waals surface area contributed by atoms with Gasteiger partial charge in [0.1, 0.15) is 5.70 Å².